The van der Waals surface area contributed by atoms with Crippen LogP contribution in [0.5, 0.6) is 11.5 Å². The maximum atomic E-state index is 13.0. The van der Waals surface area contributed by atoms with Gasteiger partial charge in [-0.3, -0.25) is 9.59 Å². The molecule has 0 radical (unpaired) electrons. The molecule has 0 fully saturated rings. The Morgan fingerprint density at radius 1 is 0.520 bits per heavy atom. The smallest absolute Gasteiger partial charge is 0.320 e. The van der Waals surface area contributed by atoms with Crippen LogP contribution in [0.4, 0.5) is 0 Å². The largest absolute Gasteiger partial charge is 0.489 e. The molecule has 0 aliphatic carbocycles. The molecule has 0 amide bonds. The molecule has 0 aromatic heterocycles. The number of benzene rings is 4. The summed E-state index contributed by atoms with van der Waals surface area (Å²) in [6.45, 7) is 12.2. The van der Waals surface area contributed by atoms with Crippen LogP contribution in [0.25, 0.3) is 0 Å². The van der Waals surface area contributed by atoms with Crippen LogP contribution < -0.4 is 9.47 Å². The van der Waals surface area contributed by atoms with E-state index in [0.29, 0.717) is 44.3 Å². The Kier molecular flexibility index (Phi) is 15.4. The second kappa shape index (κ2) is 20.2. The van der Waals surface area contributed by atoms with Gasteiger partial charge >= 0.3 is 11.9 Å². The lowest BCUT2D eigenvalue weighted by molar-refractivity contribution is -0.162. The number of carbonyl (C=O) groups excluding carboxylic acids is 2. The average Bonchev–Trinajstić information content (AvgIpc) is 3.13. The molecule has 0 atom stereocenters. The van der Waals surface area contributed by atoms with Gasteiger partial charge in [-0.2, -0.15) is 0 Å². The molecule has 4 aromatic rings. The molecule has 0 aliphatic heterocycles. The van der Waals surface area contributed by atoms with Crippen molar-refractivity contribution < 1.29 is 28.5 Å². The second-order valence-electron chi connectivity index (χ2n) is 13.5. The summed E-state index contributed by atoms with van der Waals surface area (Å²) in [4.78, 5) is 26.1. The fraction of sp³-hybridized carbons (Fsp3) is 0.409. The Hall–Kier alpha value is -4.58. The monoisotopic (exact) mass is 678 g/mol. The third-order valence-electron chi connectivity index (χ3n) is 8.89. The summed E-state index contributed by atoms with van der Waals surface area (Å²) >= 11 is 0. The van der Waals surface area contributed by atoms with Gasteiger partial charge in [-0.15, -0.1) is 0 Å². The van der Waals surface area contributed by atoms with E-state index in [1.807, 2.05) is 48.5 Å². The Morgan fingerprint density at radius 3 is 1.26 bits per heavy atom. The Balaban J connectivity index is 1.18. The lowest BCUT2D eigenvalue weighted by atomic mass is 10.0. The molecule has 0 saturated carbocycles. The van der Waals surface area contributed by atoms with Crippen LogP contribution in [0, 0.1) is 5.92 Å². The lowest BCUT2D eigenvalue weighted by Crippen LogP contribution is -2.29. The number of carbonyl (C=O) groups is 2. The Morgan fingerprint density at radius 2 is 0.900 bits per heavy atom. The minimum atomic E-state index is -0.919. The molecule has 0 saturated heterocycles. The van der Waals surface area contributed by atoms with Gasteiger partial charge in [0.1, 0.15) is 24.7 Å². The van der Waals surface area contributed by atoms with Crippen LogP contribution in [-0.4, -0.2) is 25.2 Å². The fourth-order valence-corrected chi connectivity index (χ4v) is 5.51. The van der Waals surface area contributed by atoms with E-state index in [1.165, 1.54) is 11.1 Å². The SMILES string of the molecule is CCCCCC(C(=O)OCCc1ccc(OCc2ccc(C(C)C)cc2)cc1)C(=O)OCCc1ccc(OCc2ccc(C(C)C)cc2)cc1. The van der Waals surface area contributed by atoms with Gasteiger partial charge in [0, 0.05) is 12.8 Å². The van der Waals surface area contributed by atoms with E-state index in [1.54, 1.807) is 0 Å². The normalized spacial score (nSPS) is 11.2. The number of rotatable bonds is 20. The van der Waals surface area contributed by atoms with Gasteiger partial charge in [0.25, 0.3) is 0 Å². The molecule has 50 heavy (non-hydrogen) atoms. The zero-order valence-electron chi connectivity index (χ0n) is 30.5. The van der Waals surface area contributed by atoms with Crippen LogP contribution in [0.15, 0.2) is 97.1 Å². The highest BCUT2D eigenvalue weighted by atomic mass is 16.6. The minimum absolute atomic E-state index is 0.191. The summed E-state index contributed by atoms with van der Waals surface area (Å²) in [7, 11) is 0. The first-order chi connectivity index (χ1) is 24.2. The van der Waals surface area contributed by atoms with Crippen LogP contribution in [0.3, 0.4) is 0 Å². The predicted molar refractivity (Wildman–Crippen MR) is 200 cm³/mol. The van der Waals surface area contributed by atoms with Gasteiger partial charge in [-0.25, -0.2) is 0 Å². The average molecular weight is 679 g/mol. The van der Waals surface area contributed by atoms with Crippen molar-refractivity contribution in [2.45, 2.75) is 98.2 Å². The Bertz CT molecular complexity index is 1460. The number of hydrogen-bond acceptors (Lipinski definition) is 6. The number of unbranched alkanes of at least 4 members (excludes halogenated alkanes) is 2. The summed E-state index contributed by atoms with van der Waals surface area (Å²) in [5, 5.41) is 0. The molecule has 0 heterocycles. The maximum Gasteiger partial charge on any atom is 0.320 e. The maximum absolute atomic E-state index is 13.0. The van der Waals surface area contributed by atoms with Crippen molar-refractivity contribution >= 4 is 11.9 Å². The molecule has 4 rings (SSSR count). The van der Waals surface area contributed by atoms with Crippen LogP contribution >= 0.6 is 0 Å². The van der Waals surface area contributed by atoms with Gasteiger partial charge < -0.3 is 18.9 Å². The van der Waals surface area contributed by atoms with E-state index in [2.05, 4.69) is 83.1 Å². The van der Waals surface area contributed by atoms with Crippen molar-refractivity contribution in [3.05, 3.63) is 130 Å². The third kappa shape index (κ3) is 12.7. The Labute approximate surface area is 299 Å². The summed E-state index contributed by atoms with van der Waals surface area (Å²) < 4.78 is 23.1. The van der Waals surface area contributed by atoms with Crippen LogP contribution in [-0.2, 0) is 45.1 Å². The molecule has 0 aliphatic rings. The highest BCUT2D eigenvalue weighted by Crippen LogP contribution is 2.20. The molecule has 6 nitrogen and oxygen atoms in total. The van der Waals surface area contributed by atoms with Gasteiger partial charge in [0.05, 0.1) is 13.2 Å². The topological polar surface area (TPSA) is 71.1 Å². The first-order valence-electron chi connectivity index (χ1n) is 18.2. The first-order valence-corrected chi connectivity index (χ1v) is 18.2. The van der Waals surface area contributed by atoms with Gasteiger partial charge in [0.2, 0.25) is 0 Å². The molecular formula is C44H54O6. The molecule has 0 unspecified atom stereocenters. The number of esters is 2. The van der Waals surface area contributed by atoms with Crippen molar-refractivity contribution in [3.8, 4) is 11.5 Å². The van der Waals surface area contributed by atoms with Crippen LogP contribution in [0.2, 0.25) is 0 Å². The minimum Gasteiger partial charge on any atom is -0.489 e. The molecular weight excluding hydrogens is 624 g/mol. The zero-order valence-corrected chi connectivity index (χ0v) is 30.5. The predicted octanol–water partition coefficient (Wildman–Crippen LogP) is 10.2. The molecule has 0 bridgehead atoms. The molecule has 0 N–H and O–H groups in total. The van der Waals surface area contributed by atoms with Crippen molar-refractivity contribution in [2.24, 2.45) is 5.92 Å². The van der Waals surface area contributed by atoms with Crippen molar-refractivity contribution in [2.75, 3.05) is 13.2 Å². The second-order valence-corrected chi connectivity index (χ2v) is 13.5. The van der Waals surface area contributed by atoms with Crippen molar-refractivity contribution in [1.82, 2.24) is 0 Å². The number of ether oxygens (including phenoxy) is 4. The summed E-state index contributed by atoms with van der Waals surface area (Å²) in [5.74, 6) is 0.614. The zero-order chi connectivity index (χ0) is 35.7. The van der Waals surface area contributed by atoms with E-state index < -0.39 is 17.9 Å². The standard InChI is InChI=1S/C44H54O6/c1-6-7-8-9-42(43(45)47-28-26-34-14-22-40(23-15-34)49-30-36-10-18-38(19-11-36)32(2)3)44(46)48-29-27-35-16-24-41(25-17-35)50-31-37-12-20-39(21-13-37)33(4)5/h10-25,32-33,42H,6-9,26-31H2,1-5H3. The highest BCUT2D eigenvalue weighted by molar-refractivity contribution is 5.94. The highest BCUT2D eigenvalue weighted by Gasteiger charge is 2.29. The van der Waals surface area contributed by atoms with Crippen molar-refractivity contribution in [3.63, 3.8) is 0 Å². The van der Waals surface area contributed by atoms with Gasteiger partial charge in [-0.1, -0.05) is 127 Å². The van der Waals surface area contributed by atoms with E-state index in [4.69, 9.17) is 18.9 Å². The van der Waals surface area contributed by atoms with E-state index >= 15 is 0 Å². The van der Waals surface area contributed by atoms with Gasteiger partial charge in [0.15, 0.2) is 5.92 Å². The number of hydrogen-bond donors (Lipinski definition) is 0. The summed E-state index contributed by atoms with van der Waals surface area (Å²) in [6.07, 6.45) is 4.20. The fourth-order valence-electron chi connectivity index (χ4n) is 5.51. The lowest BCUT2D eigenvalue weighted by Gasteiger charge is -2.16. The van der Waals surface area contributed by atoms with E-state index in [-0.39, 0.29) is 13.2 Å². The summed E-state index contributed by atoms with van der Waals surface area (Å²) in [6, 6.07) is 32.6. The quantitative estimate of drug-likeness (QED) is 0.0526. The molecule has 6 heteroatoms. The van der Waals surface area contributed by atoms with Crippen molar-refractivity contribution in [1.29, 1.82) is 0 Å². The van der Waals surface area contributed by atoms with E-state index in [9.17, 15) is 9.59 Å². The third-order valence-corrected chi connectivity index (χ3v) is 8.89. The van der Waals surface area contributed by atoms with Gasteiger partial charge in [-0.05, 0) is 75.9 Å². The summed E-state index contributed by atoms with van der Waals surface area (Å²) in [5.41, 5.74) is 6.91. The molecule has 266 valence electrons. The molecule has 4 aromatic carbocycles. The van der Waals surface area contributed by atoms with Crippen LogP contribution in [0.1, 0.15) is 106 Å². The molecule has 0 spiro atoms. The van der Waals surface area contributed by atoms with E-state index in [0.717, 1.165) is 53.0 Å². The first kappa shape index (κ1) is 38.2.